The lowest BCUT2D eigenvalue weighted by molar-refractivity contribution is -0.120. The van der Waals surface area contributed by atoms with Crippen LogP contribution in [0.5, 0.6) is 0 Å². The van der Waals surface area contributed by atoms with Crippen LogP contribution in [-0.2, 0) is 11.3 Å². The molecule has 1 aliphatic rings. The molecule has 1 aromatic heterocycles. The highest BCUT2D eigenvalue weighted by Crippen LogP contribution is 2.27. The molecule has 18 heavy (non-hydrogen) atoms. The van der Waals surface area contributed by atoms with E-state index in [9.17, 15) is 4.79 Å². The van der Waals surface area contributed by atoms with Gasteiger partial charge in [-0.1, -0.05) is 24.3 Å². The first-order chi connectivity index (χ1) is 8.72. The summed E-state index contributed by atoms with van der Waals surface area (Å²) in [6.45, 7) is 7.10. The fourth-order valence-corrected chi connectivity index (χ4v) is 3.09. The molecule has 0 aromatic carbocycles. The number of hydrogen-bond acceptors (Lipinski definition) is 4. The Balaban J connectivity index is 2.12. The maximum atomic E-state index is 11.9. The predicted octanol–water partition coefficient (Wildman–Crippen LogP) is 1.53. The first kappa shape index (κ1) is 13.1. The van der Waals surface area contributed by atoms with E-state index in [0.29, 0.717) is 6.54 Å². The zero-order chi connectivity index (χ0) is 13.0. The second-order valence-corrected chi connectivity index (χ2v) is 5.49. The molecular weight excluding hydrogens is 248 g/mol. The quantitative estimate of drug-likeness (QED) is 0.840. The highest BCUT2D eigenvalue weighted by Gasteiger charge is 2.24. The van der Waals surface area contributed by atoms with Gasteiger partial charge in [-0.25, -0.2) is 0 Å². The van der Waals surface area contributed by atoms with Gasteiger partial charge < -0.3 is 9.88 Å². The Morgan fingerprint density at radius 3 is 3.17 bits per heavy atom. The Hall–Kier alpha value is -1.30. The molecule has 0 aliphatic carbocycles. The number of carbonyl (C=O) groups excluding carboxylic acids is 1. The maximum Gasteiger partial charge on any atom is 0.233 e. The van der Waals surface area contributed by atoms with Gasteiger partial charge in [-0.2, -0.15) is 0 Å². The fraction of sp³-hybridized carbons (Fsp3) is 0.583. The van der Waals surface area contributed by atoms with Crippen molar-refractivity contribution in [3.05, 3.63) is 18.5 Å². The lowest BCUT2D eigenvalue weighted by Gasteiger charge is -2.12. The van der Waals surface area contributed by atoms with Gasteiger partial charge >= 0.3 is 0 Å². The van der Waals surface area contributed by atoms with Crippen LogP contribution in [0, 0.1) is 6.92 Å². The number of carbonyl (C=O) groups is 1. The van der Waals surface area contributed by atoms with Crippen molar-refractivity contribution in [2.45, 2.75) is 43.1 Å². The number of rotatable bonds is 4. The number of aryl methyl sites for hydroxylation is 1. The molecule has 1 aliphatic heterocycles. The predicted molar refractivity (Wildman–Crippen MR) is 71.5 cm³/mol. The number of amides is 1. The summed E-state index contributed by atoms with van der Waals surface area (Å²) in [7, 11) is 0. The minimum absolute atomic E-state index is 0.0559. The molecule has 0 bridgehead atoms. The largest absolute Gasteiger partial charge is 0.355 e. The lowest BCUT2D eigenvalue weighted by Crippen LogP contribution is -2.30. The van der Waals surface area contributed by atoms with Crippen LogP contribution in [0.3, 0.4) is 0 Å². The van der Waals surface area contributed by atoms with Gasteiger partial charge in [0.25, 0.3) is 0 Å². The monoisotopic (exact) mass is 266 g/mol. The molecule has 1 atom stereocenters. The van der Waals surface area contributed by atoms with Gasteiger partial charge in [0.2, 0.25) is 5.91 Å². The summed E-state index contributed by atoms with van der Waals surface area (Å²) in [6, 6.07) is 0. The van der Waals surface area contributed by atoms with E-state index in [0.717, 1.165) is 36.8 Å². The highest BCUT2D eigenvalue weighted by molar-refractivity contribution is 8.00. The molecule has 1 fully saturated rings. The Bertz CT molecular complexity index is 443. The van der Waals surface area contributed by atoms with E-state index in [-0.39, 0.29) is 11.2 Å². The topological polar surface area (TPSA) is 59.8 Å². The van der Waals surface area contributed by atoms with Crippen molar-refractivity contribution in [1.82, 2.24) is 20.1 Å². The molecule has 2 rings (SSSR count). The van der Waals surface area contributed by atoms with Crippen LogP contribution < -0.4 is 5.32 Å². The van der Waals surface area contributed by atoms with E-state index in [1.54, 1.807) is 0 Å². The van der Waals surface area contributed by atoms with Crippen LogP contribution in [0.2, 0.25) is 0 Å². The van der Waals surface area contributed by atoms with Crippen molar-refractivity contribution in [2.24, 2.45) is 0 Å². The third-order valence-electron chi connectivity index (χ3n) is 2.95. The minimum atomic E-state index is -0.0559. The molecule has 0 unspecified atom stereocenters. The van der Waals surface area contributed by atoms with Gasteiger partial charge in [-0.15, -0.1) is 16.8 Å². The minimum Gasteiger partial charge on any atom is -0.355 e. The Labute approximate surface area is 111 Å². The summed E-state index contributed by atoms with van der Waals surface area (Å²) < 4.78 is 1.98. The van der Waals surface area contributed by atoms with Crippen LogP contribution in [0.25, 0.3) is 0 Å². The molecule has 2 heterocycles. The normalized spacial score (nSPS) is 20.3. The van der Waals surface area contributed by atoms with Gasteiger partial charge in [-0.05, 0) is 19.8 Å². The summed E-state index contributed by atoms with van der Waals surface area (Å²) in [4.78, 5) is 11.9. The third-order valence-corrected chi connectivity index (χ3v) is 4.19. The molecule has 1 N–H and O–H groups in total. The zero-order valence-corrected chi connectivity index (χ0v) is 11.4. The van der Waals surface area contributed by atoms with E-state index in [2.05, 4.69) is 22.1 Å². The van der Waals surface area contributed by atoms with Crippen molar-refractivity contribution >= 4 is 17.7 Å². The van der Waals surface area contributed by atoms with Gasteiger partial charge in [-0.3, -0.25) is 4.79 Å². The second-order valence-electron chi connectivity index (χ2n) is 4.32. The number of allylic oxidation sites excluding steroid dienone is 1. The summed E-state index contributed by atoms with van der Waals surface area (Å²) in [5.41, 5.74) is 0. The van der Waals surface area contributed by atoms with Gasteiger partial charge in [0, 0.05) is 13.1 Å². The average molecular weight is 266 g/mol. The lowest BCUT2D eigenvalue weighted by atomic mass is 10.2. The smallest absolute Gasteiger partial charge is 0.233 e. The molecule has 0 saturated carbocycles. The van der Waals surface area contributed by atoms with E-state index in [1.165, 1.54) is 11.8 Å². The standard InChI is InChI=1S/C12H18N4OS/c1-3-8-16-9(2)14-15-12(16)18-10-6-4-5-7-13-11(10)17/h3,10H,1,4-8H2,2H3,(H,13,17)/t10-/m0/s1. The Morgan fingerprint density at radius 2 is 2.39 bits per heavy atom. The van der Waals surface area contributed by atoms with E-state index in [1.807, 2.05) is 17.6 Å². The van der Waals surface area contributed by atoms with E-state index >= 15 is 0 Å². The van der Waals surface area contributed by atoms with Crippen LogP contribution in [-0.4, -0.2) is 32.5 Å². The third kappa shape index (κ3) is 2.93. The van der Waals surface area contributed by atoms with Crippen LogP contribution >= 0.6 is 11.8 Å². The molecule has 0 radical (unpaired) electrons. The summed E-state index contributed by atoms with van der Waals surface area (Å²) in [5, 5.41) is 11.9. The van der Waals surface area contributed by atoms with Crippen molar-refractivity contribution < 1.29 is 4.79 Å². The van der Waals surface area contributed by atoms with Crippen molar-refractivity contribution in [3.8, 4) is 0 Å². The van der Waals surface area contributed by atoms with Crippen LogP contribution in [0.4, 0.5) is 0 Å². The SMILES string of the molecule is C=CCn1c(C)nnc1S[C@H]1CCCCNC1=O. The number of aromatic nitrogens is 3. The molecule has 1 amide bonds. The first-order valence-corrected chi connectivity index (χ1v) is 7.05. The van der Waals surface area contributed by atoms with Crippen molar-refractivity contribution in [3.63, 3.8) is 0 Å². The molecule has 1 saturated heterocycles. The molecule has 0 spiro atoms. The summed E-state index contributed by atoms with van der Waals surface area (Å²) in [6.07, 6.45) is 4.84. The number of nitrogens with zero attached hydrogens (tertiary/aromatic N) is 3. The van der Waals surface area contributed by atoms with Gasteiger partial charge in [0.15, 0.2) is 5.16 Å². The average Bonchev–Trinajstić information content (AvgIpc) is 2.57. The van der Waals surface area contributed by atoms with Crippen molar-refractivity contribution in [2.75, 3.05) is 6.54 Å². The fourth-order valence-electron chi connectivity index (χ4n) is 1.94. The summed E-state index contributed by atoms with van der Waals surface area (Å²) >= 11 is 1.50. The zero-order valence-electron chi connectivity index (χ0n) is 10.6. The van der Waals surface area contributed by atoms with Gasteiger partial charge in [0.1, 0.15) is 5.82 Å². The molecule has 5 nitrogen and oxygen atoms in total. The molecule has 6 heteroatoms. The summed E-state index contributed by atoms with van der Waals surface area (Å²) in [5.74, 6) is 0.967. The van der Waals surface area contributed by atoms with E-state index < -0.39 is 0 Å². The van der Waals surface area contributed by atoms with E-state index in [4.69, 9.17) is 0 Å². The van der Waals surface area contributed by atoms with Crippen molar-refractivity contribution in [1.29, 1.82) is 0 Å². The first-order valence-electron chi connectivity index (χ1n) is 6.17. The molecule has 1 aromatic rings. The molecular formula is C12H18N4OS. The highest BCUT2D eigenvalue weighted by atomic mass is 32.2. The molecule has 98 valence electrons. The second kappa shape index (κ2) is 6.04. The Kier molecular flexibility index (Phi) is 4.41. The Morgan fingerprint density at radius 1 is 1.56 bits per heavy atom. The maximum absolute atomic E-state index is 11.9. The number of thioether (sulfide) groups is 1. The number of hydrogen-bond donors (Lipinski definition) is 1. The van der Waals surface area contributed by atoms with Crippen LogP contribution in [0.15, 0.2) is 17.8 Å². The van der Waals surface area contributed by atoms with Gasteiger partial charge in [0.05, 0.1) is 5.25 Å². The number of nitrogens with one attached hydrogen (secondary N) is 1. The van der Waals surface area contributed by atoms with Crippen LogP contribution in [0.1, 0.15) is 25.1 Å².